The summed E-state index contributed by atoms with van der Waals surface area (Å²) in [5.74, 6) is 0.295. The van der Waals surface area contributed by atoms with Crippen LogP contribution in [-0.2, 0) is 6.54 Å². The van der Waals surface area contributed by atoms with E-state index >= 15 is 0 Å². The minimum atomic E-state index is -0.452. The highest BCUT2D eigenvalue weighted by Gasteiger charge is 2.26. The Balaban J connectivity index is 1.31. The number of aromatic nitrogens is 3. The van der Waals surface area contributed by atoms with Gasteiger partial charge >= 0.3 is 0 Å². The maximum atomic E-state index is 10.6. The van der Waals surface area contributed by atoms with E-state index in [2.05, 4.69) is 39.2 Å². The standard InChI is InChI=1S/C21H24N4O/c26-21(20-4-1-2-11-22-20)18-9-14-24(15-10-18)16-17-5-7-19(8-6-17)25-13-3-12-23-25/h1-8,11-13,18,21,26H,9-10,14-16H2. The summed E-state index contributed by atoms with van der Waals surface area (Å²) in [6.07, 6.45) is 7.04. The second-order valence-corrected chi connectivity index (χ2v) is 6.93. The zero-order valence-corrected chi connectivity index (χ0v) is 14.8. The van der Waals surface area contributed by atoms with Crippen LogP contribution in [0, 0.1) is 5.92 Å². The maximum absolute atomic E-state index is 10.6. The van der Waals surface area contributed by atoms with E-state index in [4.69, 9.17) is 0 Å². The van der Waals surface area contributed by atoms with Crippen molar-refractivity contribution in [2.24, 2.45) is 5.92 Å². The summed E-state index contributed by atoms with van der Waals surface area (Å²) in [4.78, 5) is 6.76. The van der Waals surface area contributed by atoms with Crippen LogP contribution in [-0.4, -0.2) is 37.9 Å². The Labute approximate surface area is 153 Å². The SMILES string of the molecule is OC(c1ccccn1)C1CCN(Cc2ccc(-n3cccn3)cc2)CC1. The molecule has 3 aromatic rings. The highest BCUT2D eigenvalue weighted by molar-refractivity contribution is 5.33. The maximum Gasteiger partial charge on any atom is 0.0988 e. The van der Waals surface area contributed by atoms with Crippen molar-refractivity contribution < 1.29 is 5.11 Å². The van der Waals surface area contributed by atoms with E-state index in [0.717, 1.165) is 43.9 Å². The van der Waals surface area contributed by atoms with Crippen LogP contribution in [0.1, 0.15) is 30.2 Å². The average molecular weight is 348 g/mol. The van der Waals surface area contributed by atoms with Crippen LogP contribution in [0.2, 0.25) is 0 Å². The Bertz CT molecular complexity index is 794. The van der Waals surface area contributed by atoms with Gasteiger partial charge in [-0.1, -0.05) is 18.2 Å². The molecule has 1 aliphatic rings. The molecule has 3 heterocycles. The molecule has 1 N–H and O–H groups in total. The summed E-state index contributed by atoms with van der Waals surface area (Å²) in [5.41, 5.74) is 3.18. The summed E-state index contributed by atoms with van der Waals surface area (Å²) < 4.78 is 1.87. The molecule has 1 fully saturated rings. The number of rotatable bonds is 5. The Kier molecular flexibility index (Phi) is 5.09. The van der Waals surface area contributed by atoms with Gasteiger partial charge in [-0.3, -0.25) is 9.88 Å². The van der Waals surface area contributed by atoms with Gasteiger partial charge in [0.1, 0.15) is 0 Å². The summed E-state index contributed by atoms with van der Waals surface area (Å²) in [7, 11) is 0. The van der Waals surface area contributed by atoms with Crippen molar-refractivity contribution in [2.45, 2.75) is 25.5 Å². The van der Waals surface area contributed by atoms with E-state index in [1.165, 1.54) is 5.56 Å². The molecular formula is C21H24N4O. The van der Waals surface area contributed by atoms with Crippen molar-refractivity contribution in [3.05, 3.63) is 78.4 Å². The molecule has 1 saturated heterocycles. The molecule has 0 amide bonds. The Morgan fingerprint density at radius 2 is 1.81 bits per heavy atom. The minimum Gasteiger partial charge on any atom is -0.387 e. The number of piperidine rings is 1. The van der Waals surface area contributed by atoms with Crippen LogP contribution in [0.3, 0.4) is 0 Å². The lowest BCUT2D eigenvalue weighted by Crippen LogP contribution is -2.35. The van der Waals surface area contributed by atoms with Crippen molar-refractivity contribution >= 4 is 0 Å². The van der Waals surface area contributed by atoms with Gasteiger partial charge in [-0.05, 0) is 67.7 Å². The van der Waals surface area contributed by atoms with Crippen LogP contribution in [0.15, 0.2) is 67.1 Å². The fraction of sp³-hybridized carbons (Fsp3) is 0.333. The molecule has 0 spiro atoms. The van der Waals surface area contributed by atoms with Crippen LogP contribution < -0.4 is 0 Å². The number of hydrogen-bond donors (Lipinski definition) is 1. The normalized spacial score (nSPS) is 17.3. The molecule has 134 valence electrons. The Morgan fingerprint density at radius 1 is 1.00 bits per heavy atom. The Hall–Kier alpha value is -2.50. The third-order valence-corrected chi connectivity index (χ3v) is 5.18. The lowest BCUT2D eigenvalue weighted by Gasteiger charge is -2.34. The van der Waals surface area contributed by atoms with E-state index in [9.17, 15) is 5.11 Å². The Morgan fingerprint density at radius 3 is 2.46 bits per heavy atom. The van der Waals surface area contributed by atoms with Crippen LogP contribution >= 0.6 is 0 Å². The second kappa shape index (κ2) is 7.81. The van der Waals surface area contributed by atoms with Gasteiger partial charge < -0.3 is 5.11 Å². The van der Waals surface area contributed by atoms with Crippen molar-refractivity contribution in [3.63, 3.8) is 0 Å². The van der Waals surface area contributed by atoms with E-state index in [-0.39, 0.29) is 0 Å². The fourth-order valence-corrected chi connectivity index (χ4v) is 3.65. The number of likely N-dealkylation sites (tertiary alicyclic amines) is 1. The predicted octanol–water partition coefficient (Wildman–Crippen LogP) is 3.21. The minimum absolute atomic E-state index is 0.295. The first kappa shape index (κ1) is 16.9. The van der Waals surface area contributed by atoms with E-state index in [0.29, 0.717) is 5.92 Å². The lowest BCUT2D eigenvalue weighted by molar-refractivity contribution is 0.0540. The number of benzene rings is 1. The van der Waals surface area contributed by atoms with Crippen LogP contribution in [0.25, 0.3) is 5.69 Å². The monoisotopic (exact) mass is 348 g/mol. The summed E-state index contributed by atoms with van der Waals surface area (Å²) in [6, 6.07) is 16.2. The number of aliphatic hydroxyl groups is 1. The van der Waals surface area contributed by atoms with Crippen molar-refractivity contribution in [2.75, 3.05) is 13.1 Å². The molecule has 0 bridgehead atoms. The highest BCUT2D eigenvalue weighted by atomic mass is 16.3. The van der Waals surface area contributed by atoms with Gasteiger partial charge in [0, 0.05) is 25.1 Å². The summed E-state index contributed by atoms with van der Waals surface area (Å²) in [6.45, 7) is 2.97. The zero-order valence-electron chi connectivity index (χ0n) is 14.8. The van der Waals surface area contributed by atoms with Gasteiger partial charge in [-0.2, -0.15) is 5.10 Å². The van der Waals surface area contributed by atoms with E-state index in [1.54, 1.807) is 12.4 Å². The lowest BCUT2D eigenvalue weighted by atomic mass is 9.89. The largest absolute Gasteiger partial charge is 0.387 e. The third-order valence-electron chi connectivity index (χ3n) is 5.18. The van der Waals surface area contributed by atoms with Crippen molar-refractivity contribution in [3.8, 4) is 5.69 Å². The van der Waals surface area contributed by atoms with Gasteiger partial charge in [0.15, 0.2) is 0 Å². The van der Waals surface area contributed by atoms with Gasteiger partial charge in [-0.25, -0.2) is 4.68 Å². The molecule has 1 aromatic carbocycles. The number of aliphatic hydroxyl groups excluding tert-OH is 1. The molecule has 0 aliphatic carbocycles. The van der Waals surface area contributed by atoms with Crippen LogP contribution in [0.5, 0.6) is 0 Å². The van der Waals surface area contributed by atoms with Gasteiger partial charge in [0.2, 0.25) is 0 Å². The first-order valence-electron chi connectivity index (χ1n) is 9.20. The molecular weight excluding hydrogens is 324 g/mol. The summed E-state index contributed by atoms with van der Waals surface area (Å²) >= 11 is 0. The third kappa shape index (κ3) is 3.84. The first-order valence-corrected chi connectivity index (χ1v) is 9.20. The second-order valence-electron chi connectivity index (χ2n) is 6.93. The molecule has 4 rings (SSSR count). The molecule has 1 unspecified atom stereocenters. The van der Waals surface area contributed by atoms with Crippen LogP contribution in [0.4, 0.5) is 0 Å². The van der Waals surface area contributed by atoms with Gasteiger partial charge in [-0.15, -0.1) is 0 Å². The van der Waals surface area contributed by atoms with E-state index in [1.807, 2.05) is 35.1 Å². The molecule has 5 heteroatoms. The molecule has 1 aliphatic heterocycles. The smallest absolute Gasteiger partial charge is 0.0988 e. The average Bonchev–Trinajstić information content (AvgIpc) is 3.24. The summed E-state index contributed by atoms with van der Waals surface area (Å²) in [5, 5.41) is 14.8. The van der Waals surface area contributed by atoms with Gasteiger partial charge in [0.05, 0.1) is 17.5 Å². The van der Waals surface area contributed by atoms with Crippen molar-refractivity contribution in [1.29, 1.82) is 0 Å². The molecule has 26 heavy (non-hydrogen) atoms. The topological polar surface area (TPSA) is 54.2 Å². The highest BCUT2D eigenvalue weighted by Crippen LogP contribution is 2.30. The number of nitrogens with zero attached hydrogens (tertiary/aromatic N) is 4. The molecule has 0 saturated carbocycles. The van der Waals surface area contributed by atoms with Crippen molar-refractivity contribution in [1.82, 2.24) is 19.7 Å². The molecule has 1 atom stereocenters. The molecule has 5 nitrogen and oxygen atoms in total. The quantitative estimate of drug-likeness (QED) is 0.769. The molecule has 2 aromatic heterocycles. The predicted molar refractivity (Wildman–Crippen MR) is 101 cm³/mol. The zero-order chi connectivity index (χ0) is 17.8. The molecule has 0 radical (unpaired) electrons. The number of hydrogen-bond acceptors (Lipinski definition) is 4. The number of pyridine rings is 1. The first-order chi connectivity index (χ1) is 12.8. The van der Waals surface area contributed by atoms with E-state index < -0.39 is 6.10 Å². The van der Waals surface area contributed by atoms with Gasteiger partial charge in [0.25, 0.3) is 0 Å². The fourth-order valence-electron chi connectivity index (χ4n) is 3.65.